The highest BCUT2D eigenvalue weighted by atomic mass is 32.1. The van der Waals surface area contributed by atoms with E-state index in [2.05, 4.69) is 52.3 Å². The van der Waals surface area contributed by atoms with Gasteiger partial charge in [0.15, 0.2) is 5.78 Å². The minimum Gasteiger partial charge on any atom is -0.492 e. The lowest BCUT2D eigenvalue weighted by molar-refractivity contribution is 0.104. The number of ketones is 1. The molecule has 4 nitrogen and oxygen atoms in total. The first-order chi connectivity index (χ1) is 19.2. The second kappa shape index (κ2) is 12.5. The van der Waals surface area contributed by atoms with Crippen LogP contribution in [-0.4, -0.2) is 61.5 Å². The number of thiophene rings is 1. The van der Waals surface area contributed by atoms with E-state index in [0.29, 0.717) is 12.2 Å². The number of fused-ring (bicyclic) bond motifs is 1. The van der Waals surface area contributed by atoms with Crippen molar-refractivity contribution < 1.29 is 9.53 Å². The molecule has 39 heavy (non-hydrogen) atoms. The Morgan fingerprint density at radius 1 is 0.769 bits per heavy atom. The molecule has 2 aliphatic heterocycles. The van der Waals surface area contributed by atoms with E-state index in [1.165, 1.54) is 70.4 Å². The molecule has 1 aromatic heterocycles. The van der Waals surface area contributed by atoms with Gasteiger partial charge in [-0.3, -0.25) is 9.69 Å². The minimum absolute atomic E-state index is 0.0701. The number of hydrogen-bond donors (Lipinski definition) is 0. The van der Waals surface area contributed by atoms with Crippen LogP contribution in [0.5, 0.6) is 5.75 Å². The molecule has 0 aliphatic carbocycles. The van der Waals surface area contributed by atoms with Crippen LogP contribution in [0.2, 0.25) is 0 Å². The molecular formula is C34H38N2O2S. The molecule has 2 saturated heterocycles. The van der Waals surface area contributed by atoms with Gasteiger partial charge in [-0.2, -0.15) is 0 Å². The zero-order chi connectivity index (χ0) is 26.4. The molecule has 3 heterocycles. The van der Waals surface area contributed by atoms with Gasteiger partial charge in [-0.15, -0.1) is 11.3 Å². The van der Waals surface area contributed by atoms with E-state index in [1.807, 2.05) is 30.3 Å². The highest BCUT2D eigenvalue weighted by molar-refractivity contribution is 7.22. The lowest BCUT2D eigenvalue weighted by Crippen LogP contribution is -2.25. The van der Waals surface area contributed by atoms with Gasteiger partial charge in [0.25, 0.3) is 0 Å². The molecule has 0 unspecified atom stereocenters. The van der Waals surface area contributed by atoms with E-state index in [1.54, 1.807) is 11.3 Å². The number of rotatable bonds is 11. The van der Waals surface area contributed by atoms with Crippen LogP contribution >= 0.6 is 11.3 Å². The summed E-state index contributed by atoms with van der Waals surface area (Å²) in [4.78, 5) is 20.0. The third kappa shape index (κ3) is 6.27. The first-order valence-corrected chi connectivity index (χ1v) is 15.4. The fraction of sp³-hybridized carbons (Fsp3) is 0.382. The molecule has 2 fully saturated rings. The molecule has 5 heteroatoms. The van der Waals surface area contributed by atoms with Gasteiger partial charge >= 0.3 is 0 Å². The van der Waals surface area contributed by atoms with Crippen LogP contribution in [-0.2, 0) is 6.42 Å². The molecule has 2 aliphatic rings. The van der Waals surface area contributed by atoms with Crippen molar-refractivity contribution in [2.24, 2.45) is 0 Å². The summed E-state index contributed by atoms with van der Waals surface area (Å²) in [6.45, 7) is 7.71. The van der Waals surface area contributed by atoms with E-state index in [0.717, 1.165) is 44.8 Å². The second-order valence-corrected chi connectivity index (χ2v) is 12.0. The largest absolute Gasteiger partial charge is 0.492 e. The van der Waals surface area contributed by atoms with Crippen molar-refractivity contribution in [1.82, 2.24) is 9.80 Å². The zero-order valence-corrected chi connectivity index (χ0v) is 23.6. The van der Waals surface area contributed by atoms with E-state index in [4.69, 9.17) is 4.74 Å². The Bertz CT molecular complexity index is 1380. The average Bonchev–Trinajstić information content (AvgIpc) is 3.75. The Morgan fingerprint density at radius 3 is 2.15 bits per heavy atom. The molecule has 0 amide bonds. The van der Waals surface area contributed by atoms with Gasteiger partial charge in [0, 0.05) is 32.6 Å². The summed E-state index contributed by atoms with van der Waals surface area (Å²) < 4.78 is 7.12. The van der Waals surface area contributed by atoms with Crippen molar-refractivity contribution in [3.63, 3.8) is 0 Å². The summed E-state index contributed by atoms with van der Waals surface area (Å²) in [5, 5.41) is 1.03. The zero-order valence-electron chi connectivity index (χ0n) is 22.7. The molecule has 4 aromatic rings. The molecule has 0 saturated carbocycles. The van der Waals surface area contributed by atoms with Gasteiger partial charge in [0.1, 0.15) is 12.4 Å². The molecule has 0 bridgehead atoms. The highest BCUT2D eigenvalue weighted by Crippen LogP contribution is 2.40. The van der Waals surface area contributed by atoms with Crippen molar-refractivity contribution in [3.05, 3.63) is 89.5 Å². The summed E-state index contributed by atoms with van der Waals surface area (Å²) in [5.74, 6) is 0.891. The lowest BCUT2D eigenvalue weighted by atomic mass is 9.97. The quantitative estimate of drug-likeness (QED) is 0.188. The van der Waals surface area contributed by atoms with Crippen molar-refractivity contribution in [3.8, 4) is 16.2 Å². The lowest BCUT2D eigenvalue weighted by Gasteiger charge is -2.15. The second-order valence-electron chi connectivity index (χ2n) is 10.9. The van der Waals surface area contributed by atoms with Gasteiger partial charge in [0.05, 0.1) is 0 Å². The maximum absolute atomic E-state index is 13.9. The fourth-order valence-electron chi connectivity index (χ4n) is 5.96. The number of carbonyl (C=O) groups is 1. The van der Waals surface area contributed by atoms with Gasteiger partial charge in [-0.1, -0.05) is 42.5 Å². The molecule has 3 aromatic carbocycles. The number of benzene rings is 3. The van der Waals surface area contributed by atoms with Crippen molar-refractivity contribution >= 4 is 27.2 Å². The first kappa shape index (κ1) is 26.2. The highest BCUT2D eigenvalue weighted by Gasteiger charge is 2.21. The molecule has 202 valence electrons. The van der Waals surface area contributed by atoms with Crippen LogP contribution in [0.3, 0.4) is 0 Å². The van der Waals surface area contributed by atoms with Gasteiger partial charge in [-0.25, -0.2) is 0 Å². The molecule has 0 N–H and O–H groups in total. The third-order valence-electron chi connectivity index (χ3n) is 8.17. The van der Waals surface area contributed by atoms with Gasteiger partial charge < -0.3 is 9.64 Å². The van der Waals surface area contributed by atoms with Crippen LogP contribution in [0.1, 0.15) is 53.6 Å². The summed E-state index contributed by atoms with van der Waals surface area (Å²) in [6.07, 6.45) is 7.58. The standard InChI is InChI=1S/C34H38N2O2S/c37-33(27-15-17-29(18-16-27)38-25-24-36-21-5-6-22-36)32-30-9-1-2-10-31(30)39-34(32)28-13-11-26(12-14-28)8-7-23-35-19-3-4-20-35/h1-2,9-18H,3-8,19-25H2. The molecule has 0 radical (unpaired) electrons. The Labute approximate surface area is 236 Å². The maximum atomic E-state index is 13.9. The number of aryl methyl sites for hydroxylation is 1. The number of ether oxygens (including phenoxy) is 1. The monoisotopic (exact) mass is 538 g/mol. The van der Waals surface area contributed by atoms with E-state index in [-0.39, 0.29) is 5.78 Å². The number of likely N-dealkylation sites (tertiary alicyclic amines) is 2. The van der Waals surface area contributed by atoms with Crippen molar-refractivity contribution in [1.29, 1.82) is 0 Å². The predicted octanol–water partition coefficient (Wildman–Crippen LogP) is 7.30. The Hall–Kier alpha value is -2.99. The third-order valence-corrected chi connectivity index (χ3v) is 9.39. The van der Waals surface area contributed by atoms with Crippen LogP contribution < -0.4 is 4.74 Å². The molecular weight excluding hydrogens is 500 g/mol. The molecule has 6 rings (SSSR count). The van der Waals surface area contributed by atoms with Crippen LogP contribution in [0.25, 0.3) is 20.5 Å². The van der Waals surface area contributed by atoms with Crippen LogP contribution in [0.4, 0.5) is 0 Å². The normalized spacial score (nSPS) is 16.3. The van der Waals surface area contributed by atoms with Crippen LogP contribution in [0, 0.1) is 0 Å². The summed E-state index contributed by atoms with van der Waals surface area (Å²) in [5.41, 5.74) is 3.99. The Morgan fingerprint density at radius 2 is 1.44 bits per heavy atom. The van der Waals surface area contributed by atoms with E-state index >= 15 is 0 Å². The maximum Gasteiger partial charge on any atom is 0.195 e. The van der Waals surface area contributed by atoms with Gasteiger partial charge in [0.2, 0.25) is 0 Å². The fourth-order valence-corrected chi connectivity index (χ4v) is 7.16. The predicted molar refractivity (Wildman–Crippen MR) is 162 cm³/mol. The van der Waals surface area contributed by atoms with E-state index < -0.39 is 0 Å². The average molecular weight is 539 g/mol. The van der Waals surface area contributed by atoms with Crippen molar-refractivity contribution in [2.75, 3.05) is 45.9 Å². The Balaban J connectivity index is 1.17. The van der Waals surface area contributed by atoms with E-state index in [9.17, 15) is 4.79 Å². The smallest absolute Gasteiger partial charge is 0.195 e. The Kier molecular flexibility index (Phi) is 8.38. The minimum atomic E-state index is 0.0701. The molecule has 0 spiro atoms. The molecule has 0 atom stereocenters. The topological polar surface area (TPSA) is 32.8 Å². The van der Waals surface area contributed by atoms with Gasteiger partial charge in [-0.05, 0) is 113 Å². The number of nitrogens with zero attached hydrogens (tertiary/aromatic N) is 2. The van der Waals surface area contributed by atoms with Crippen LogP contribution in [0.15, 0.2) is 72.8 Å². The first-order valence-electron chi connectivity index (χ1n) is 14.6. The van der Waals surface area contributed by atoms with Crippen molar-refractivity contribution in [2.45, 2.75) is 38.5 Å². The summed E-state index contributed by atoms with van der Waals surface area (Å²) >= 11 is 1.71. The summed E-state index contributed by atoms with van der Waals surface area (Å²) in [6, 6.07) is 24.8. The number of carbonyl (C=O) groups excluding carboxylic acids is 1. The number of hydrogen-bond acceptors (Lipinski definition) is 5. The summed E-state index contributed by atoms with van der Waals surface area (Å²) in [7, 11) is 0. The SMILES string of the molecule is O=C(c1ccc(OCCN2CCCC2)cc1)c1c(-c2ccc(CCCN3CCCC3)cc2)sc2ccccc12.